The van der Waals surface area contributed by atoms with Crippen LogP contribution in [0.15, 0.2) is 35.7 Å². The lowest BCUT2D eigenvalue weighted by Gasteiger charge is -2.21. The number of hydrogen-bond acceptors (Lipinski definition) is 3. The quantitative estimate of drug-likeness (QED) is 0.763. The van der Waals surface area contributed by atoms with E-state index in [1.165, 1.54) is 4.88 Å². The molecule has 5 heteroatoms. The normalized spacial score (nSPS) is 12.7. The van der Waals surface area contributed by atoms with E-state index in [1.807, 2.05) is 36.6 Å². The van der Waals surface area contributed by atoms with Crippen LogP contribution in [-0.2, 0) is 0 Å². The second-order valence-electron chi connectivity index (χ2n) is 5.76. The second-order valence-corrected chi connectivity index (χ2v) is 6.74. The highest BCUT2D eigenvalue weighted by Crippen LogP contribution is 2.26. The number of carbonyl (C=O) groups is 1. The third-order valence-corrected chi connectivity index (χ3v) is 4.62. The van der Waals surface area contributed by atoms with Crippen molar-refractivity contribution in [3.63, 3.8) is 0 Å². The minimum absolute atomic E-state index is 0.0340. The first-order valence-electron chi connectivity index (χ1n) is 7.35. The van der Waals surface area contributed by atoms with Gasteiger partial charge < -0.3 is 10.3 Å². The van der Waals surface area contributed by atoms with Crippen molar-refractivity contribution in [2.75, 3.05) is 0 Å². The molecular formula is C17H19N3OS. The summed E-state index contributed by atoms with van der Waals surface area (Å²) in [4.78, 5) is 21.3. The van der Waals surface area contributed by atoms with E-state index in [1.54, 1.807) is 11.3 Å². The van der Waals surface area contributed by atoms with Gasteiger partial charge >= 0.3 is 0 Å². The molecule has 0 fully saturated rings. The van der Waals surface area contributed by atoms with Gasteiger partial charge in [-0.15, -0.1) is 11.3 Å². The molecule has 1 aromatic carbocycles. The maximum Gasteiger partial charge on any atom is 0.251 e. The van der Waals surface area contributed by atoms with Crippen molar-refractivity contribution < 1.29 is 4.79 Å². The number of carbonyl (C=O) groups excluding carboxylic acids is 1. The van der Waals surface area contributed by atoms with E-state index in [2.05, 4.69) is 35.2 Å². The fourth-order valence-corrected chi connectivity index (χ4v) is 3.49. The maximum absolute atomic E-state index is 12.6. The zero-order valence-corrected chi connectivity index (χ0v) is 13.7. The van der Waals surface area contributed by atoms with E-state index in [0.29, 0.717) is 11.5 Å². The minimum Gasteiger partial charge on any atom is -0.344 e. The predicted octanol–water partition coefficient (Wildman–Crippen LogP) is 4.06. The van der Waals surface area contributed by atoms with Gasteiger partial charge in [0.2, 0.25) is 0 Å². The van der Waals surface area contributed by atoms with Gasteiger partial charge in [0.1, 0.15) is 5.82 Å². The number of nitrogens with zero attached hydrogens (tertiary/aromatic N) is 1. The summed E-state index contributed by atoms with van der Waals surface area (Å²) in [5.74, 6) is 1.13. The molecule has 1 amide bonds. The Balaban J connectivity index is 1.85. The van der Waals surface area contributed by atoms with Crippen LogP contribution in [0.3, 0.4) is 0 Å². The number of aromatic amines is 1. The highest BCUT2D eigenvalue weighted by atomic mass is 32.1. The van der Waals surface area contributed by atoms with Gasteiger partial charge in [-0.3, -0.25) is 4.79 Å². The number of amides is 1. The zero-order valence-electron chi connectivity index (χ0n) is 12.9. The fourth-order valence-electron chi connectivity index (χ4n) is 2.54. The van der Waals surface area contributed by atoms with Gasteiger partial charge in [0.05, 0.1) is 17.1 Å². The molecule has 114 valence electrons. The Kier molecular flexibility index (Phi) is 3.98. The number of aromatic nitrogens is 2. The molecule has 4 nitrogen and oxygen atoms in total. The molecule has 0 saturated carbocycles. The number of H-pyrrole nitrogens is 1. The highest BCUT2D eigenvalue weighted by Gasteiger charge is 2.20. The van der Waals surface area contributed by atoms with Crippen molar-refractivity contribution in [3.05, 3.63) is 52.0 Å². The monoisotopic (exact) mass is 313 g/mol. The number of imidazole rings is 1. The number of aryl methyl sites for hydroxylation is 1. The molecule has 2 N–H and O–H groups in total. The molecule has 0 aliphatic heterocycles. The van der Waals surface area contributed by atoms with E-state index < -0.39 is 0 Å². The molecule has 0 aliphatic rings. The Labute approximate surface area is 133 Å². The predicted molar refractivity (Wildman–Crippen MR) is 90.2 cm³/mol. The molecule has 0 spiro atoms. The SMILES string of the molecule is Cc1nc2ccc(C(=O)N[C@H](c3cccs3)C(C)C)cc2[nH]1. The lowest BCUT2D eigenvalue weighted by molar-refractivity contribution is 0.0926. The summed E-state index contributed by atoms with van der Waals surface area (Å²) in [6.45, 7) is 6.14. The van der Waals surface area contributed by atoms with E-state index >= 15 is 0 Å². The van der Waals surface area contributed by atoms with Gasteiger partial charge in [-0.05, 0) is 42.5 Å². The first kappa shape index (κ1) is 14.8. The van der Waals surface area contributed by atoms with Crippen molar-refractivity contribution >= 4 is 28.3 Å². The van der Waals surface area contributed by atoms with Crippen LogP contribution in [0.2, 0.25) is 0 Å². The molecule has 2 aromatic heterocycles. The number of benzene rings is 1. The van der Waals surface area contributed by atoms with E-state index in [4.69, 9.17) is 0 Å². The molecule has 0 unspecified atom stereocenters. The number of nitrogens with one attached hydrogen (secondary N) is 2. The average Bonchev–Trinajstić information content (AvgIpc) is 3.11. The lowest BCUT2D eigenvalue weighted by Crippen LogP contribution is -2.31. The topological polar surface area (TPSA) is 57.8 Å². The molecule has 0 radical (unpaired) electrons. The largest absolute Gasteiger partial charge is 0.344 e. The van der Waals surface area contributed by atoms with Crippen molar-refractivity contribution in [2.45, 2.75) is 26.8 Å². The molecule has 0 aliphatic carbocycles. The summed E-state index contributed by atoms with van der Waals surface area (Å²) in [6.07, 6.45) is 0. The highest BCUT2D eigenvalue weighted by molar-refractivity contribution is 7.10. The molecule has 3 rings (SSSR count). The summed E-state index contributed by atoms with van der Waals surface area (Å²) < 4.78 is 0. The average molecular weight is 313 g/mol. The summed E-state index contributed by atoms with van der Waals surface area (Å²) in [5.41, 5.74) is 2.42. The van der Waals surface area contributed by atoms with Crippen molar-refractivity contribution in [1.82, 2.24) is 15.3 Å². The van der Waals surface area contributed by atoms with E-state index in [0.717, 1.165) is 16.9 Å². The van der Waals surface area contributed by atoms with Crippen molar-refractivity contribution in [3.8, 4) is 0 Å². The first-order valence-corrected chi connectivity index (χ1v) is 8.23. The third-order valence-electron chi connectivity index (χ3n) is 3.67. The second kappa shape index (κ2) is 5.93. The van der Waals surface area contributed by atoms with Gasteiger partial charge in [-0.1, -0.05) is 19.9 Å². The van der Waals surface area contributed by atoms with Crippen LogP contribution in [0, 0.1) is 12.8 Å². The van der Waals surface area contributed by atoms with Gasteiger partial charge in [-0.2, -0.15) is 0 Å². The van der Waals surface area contributed by atoms with Crippen LogP contribution in [0.1, 0.15) is 40.9 Å². The van der Waals surface area contributed by atoms with Crippen LogP contribution < -0.4 is 5.32 Å². The van der Waals surface area contributed by atoms with Gasteiger partial charge in [-0.25, -0.2) is 4.98 Å². The van der Waals surface area contributed by atoms with Crippen LogP contribution in [-0.4, -0.2) is 15.9 Å². The Morgan fingerprint density at radius 2 is 2.14 bits per heavy atom. The Hall–Kier alpha value is -2.14. The molecular weight excluding hydrogens is 294 g/mol. The molecule has 2 heterocycles. The van der Waals surface area contributed by atoms with Crippen LogP contribution in [0.5, 0.6) is 0 Å². The van der Waals surface area contributed by atoms with Gasteiger partial charge in [0.25, 0.3) is 5.91 Å². The summed E-state index contributed by atoms with van der Waals surface area (Å²) >= 11 is 1.67. The molecule has 3 aromatic rings. The number of hydrogen-bond donors (Lipinski definition) is 2. The Morgan fingerprint density at radius 1 is 1.32 bits per heavy atom. The van der Waals surface area contributed by atoms with E-state index in [-0.39, 0.29) is 11.9 Å². The number of thiophene rings is 1. The smallest absolute Gasteiger partial charge is 0.251 e. The Morgan fingerprint density at radius 3 is 2.82 bits per heavy atom. The third kappa shape index (κ3) is 2.90. The van der Waals surface area contributed by atoms with Gasteiger partial charge in [0.15, 0.2) is 0 Å². The lowest BCUT2D eigenvalue weighted by atomic mass is 10.0. The fraction of sp³-hybridized carbons (Fsp3) is 0.294. The zero-order chi connectivity index (χ0) is 15.7. The number of fused-ring (bicyclic) bond motifs is 1. The molecule has 0 bridgehead atoms. The van der Waals surface area contributed by atoms with Gasteiger partial charge in [0, 0.05) is 10.4 Å². The van der Waals surface area contributed by atoms with Crippen molar-refractivity contribution in [2.24, 2.45) is 5.92 Å². The van der Waals surface area contributed by atoms with Crippen LogP contribution >= 0.6 is 11.3 Å². The summed E-state index contributed by atoms with van der Waals surface area (Å²) in [5, 5.41) is 5.18. The molecule has 22 heavy (non-hydrogen) atoms. The Bertz CT molecular complexity index is 789. The van der Waals surface area contributed by atoms with E-state index in [9.17, 15) is 4.79 Å². The standard InChI is InChI=1S/C17H19N3OS/c1-10(2)16(15-5-4-8-22-15)20-17(21)12-6-7-13-14(9-12)19-11(3)18-13/h4-10,16H,1-3H3,(H,18,19)(H,20,21)/t16-/m0/s1. The maximum atomic E-state index is 12.6. The summed E-state index contributed by atoms with van der Waals surface area (Å²) in [6, 6.07) is 9.67. The van der Waals surface area contributed by atoms with Crippen molar-refractivity contribution in [1.29, 1.82) is 0 Å². The van der Waals surface area contributed by atoms with Crippen LogP contribution in [0.25, 0.3) is 11.0 Å². The van der Waals surface area contributed by atoms with Crippen LogP contribution in [0.4, 0.5) is 0 Å². The molecule has 0 saturated heterocycles. The molecule has 1 atom stereocenters. The number of rotatable bonds is 4. The first-order chi connectivity index (χ1) is 10.5. The summed E-state index contributed by atoms with van der Waals surface area (Å²) in [7, 11) is 0. The minimum atomic E-state index is -0.0544.